The van der Waals surface area contributed by atoms with Crippen molar-refractivity contribution in [3.8, 4) is 0 Å². The van der Waals surface area contributed by atoms with Gasteiger partial charge in [-0.05, 0) is 6.42 Å². The second kappa shape index (κ2) is 5.34. The van der Waals surface area contributed by atoms with Gasteiger partial charge in [0.2, 0.25) is 11.8 Å². The highest BCUT2D eigenvalue weighted by atomic mass is 16.5. The molecule has 18 heavy (non-hydrogen) atoms. The Morgan fingerprint density at radius 2 is 2.17 bits per heavy atom. The third-order valence-corrected chi connectivity index (χ3v) is 3.02. The average molecular weight is 255 g/mol. The van der Waals surface area contributed by atoms with Gasteiger partial charge in [-0.2, -0.15) is 0 Å². The first-order chi connectivity index (χ1) is 8.58. The molecule has 0 spiro atoms. The number of carbonyl (C=O) groups is 3. The first-order valence-electron chi connectivity index (χ1n) is 6.00. The van der Waals surface area contributed by atoms with Gasteiger partial charge in [0.1, 0.15) is 6.54 Å². The van der Waals surface area contributed by atoms with Crippen LogP contribution < -0.4 is 5.32 Å². The van der Waals surface area contributed by atoms with Crippen molar-refractivity contribution in [3.05, 3.63) is 0 Å². The van der Waals surface area contributed by atoms with E-state index < -0.39 is 0 Å². The smallest absolute Gasteiger partial charge is 0.326 e. The van der Waals surface area contributed by atoms with Crippen molar-refractivity contribution in [1.82, 2.24) is 15.1 Å². The van der Waals surface area contributed by atoms with Crippen LogP contribution in [-0.4, -0.2) is 67.0 Å². The van der Waals surface area contributed by atoms with Gasteiger partial charge in [-0.3, -0.25) is 14.5 Å². The Labute approximate surface area is 105 Å². The van der Waals surface area contributed by atoms with Gasteiger partial charge in [-0.1, -0.05) is 0 Å². The molecule has 0 aliphatic carbocycles. The second-order valence-electron chi connectivity index (χ2n) is 4.59. The van der Waals surface area contributed by atoms with Gasteiger partial charge >= 0.3 is 6.03 Å². The summed E-state index contributed by atoms with van der Waals surface area (Å²) < 4.78 is 4.94. The van der Waals surface area contributed by atoms with Gasteiger partial charge < -0.3 is 15.0 Å². The van der Waals surface area contributed by atoms with Crippen molar-refractivity contribution in [3.63, 3.8) is 0 Å². The van der Waals surface area contributed by atoms with Crippen molar-refractivity contribution in [2.45, 2.75) is 18.9 Å². The highest BCUT2D eigenvalue weighted by Gasteiger charge is 2.32. The first-order valence-corrected chi connectivity index (χ1v) is 6.00. The lowest BCUT2D eigenvalue weighted by molar-refractivity contribution is -0.127. The van der Waals surface area contributed by atoms with Gasteiger partial charge in [0, 0.05) is 20.0 Å². The molecule has 100 valence electrons. The van der Waals surface area contributed by atoms with Crippen molar-refractivity contribution >= 4 is 17.8 Å². The largest absolute Gasteiger partial charge is 0.377 e. The van der Waals surface area contributed by atoms with E-state index in [-0.39, 0.29) is 30.4 Å². The molecule has 0 atom stereocenters. The minimum atomic E-state index is -0.284. The third-order valence-electron chi connectivity index (χ3n) is 3.02. The maximum Gasteiger partial charge on any atom is 0.326 e. The van der Waals surface area contributed by atoms with E-state index in [1.165, 1.54) is 9.80 Å². The highest BCUT2D eigenvalue weighted by Crippen LogP contribution is 2.09. The van der Waals surface area contributed by atoms with Crippen LogP contribution in [0.15, 0.2) is 0 Å². The lowest BCUT2D eigenvalue weighted by Crippen LogP contribution is -2.48. The van der Waals surface area contributed by atoms with E-state index in [0.29, 0.717) is 32.6 Å². The summed E-state index contributed by atoms with van der Waals surface area (Å²) in [5.74, 6) is -0.258. The zero-order valence-corrected chi connectivity index (χ0v) is 10.3. The summed E-state index contributed by atoms with van der Waals surface area (Å²) in [7, 11) is 1.59. The summed E-state index contributed by atoms with van der Waals surface area (Å²) in [4.78, 5) is 37.0. The molecule has 7 nitrogen and oxygen atoms in total. The molecule has 0 radical (unpaired) electrons. The lowest BCUT2D eigenvalue weighted by atomic mass is 10.2. The number of hydrogen-bond donors (Lipinski definition) is 1. The predicted octanol–water partition coefficient (Wildman–Crippen LogP) is -0.824. The molecule has 0 aromatic heterocycles. The van der Waals surface area contributed by atoms with E-state index in [1.807, 2.05) is 0 Å². The normalized spacial score (nSPS) is 20.3. The van der Waals surface area contributed by atoms with Crippen LogP contribution in [0, 0.1) is 0 Å². The van der Waals surface area contributed by atoms with E-state index in [2.05, 4.69) is 5.32 Å². The molecule has 2 fully saturated rings. The number of nitrogens with zero attached hydrogens (tertiary/aromatic N) is 2. The van der Waals surface area contributed by atoms with Gasteiger partial charge in [-0.15, -0.1) is 0 Å². The van der Waals surface area contributed by atoms with E-state index in [0.717, 1.165) is 0 Å². The number of nitrogens with one attached hydrogen (secondary N) is 1. The molecule has 0 saturated carbocycles. The Bertz CT molecular complexity index is 367. The summed E-state index contributed by atoms with van der Waals surface area (Å²) in [5.41, 5.74) is 0. The fraction of sp³-hybridized carbons (Fsp3) is 0.727. The van der Waals surface area contributed by atoms with Gasteiger partial charge in [0.05, 0.1) is 19.3 Å². The summed E-state index contributed by atoms with van der Waals surface area (Å²) in [6, 6.07) is -0.161. The van der Waals surface area contributed by atoms with E-state index >= 15 is 0 Å². The molecule has 0 bridgehead atoms. The number of likely N-dealkylation sites (N-methyl/N-ethyl adjacent to an activating group) is 1. The van der Waals surface area contributed by atoms with Crippen LogP contribution in [0.3, 0.4) is 0 Å². The van der Waals surface area contributed by atoms with Crippen LogP contribution >= 0.6 is 0 Å². The van der Waals surface area contributed by atoms with E-state index in [4.69, 9.17) is 4.74 Å². The van der Waals surface area contributed by atoms with Gasteiger partial charge in [0.15, 0.2) is 0 Å². The van der Waals surface area contributed by atoms with Gasteiger partial charge in [0.25, 0.3) is 0 Å². The molecule has 2 rings (SSSR count). The molecule has 2 aliphatic rings. The molecule has 0 aromatic carbocycles. The number of amides is 4. The zero-order valence-electron chi connectivity index (χ0n) is 10.3. The number of urea groups is 1. The number of hydrogen-bond acceptors (Lipinski definition) is 4. The monoisotopic (exact) mass is 255 g/mol. The average Bonchev–Trinajstić information content (AvgIpc) is 2.50. The summed E-state index contributed by atoms with van der Waals surface area (Å²) in [6.45, 7) is 1.57. The molecule has 4 amide bonds. The minimum absolute atomic E-state index is 0.0595. The molecule has 2 aliphatic heterocycles. The molecule has 2 heterocycles. The Morgan fingerprint density at radius 3 is 2.67 bits per heavy atom. The molecular weight excluding hydrogens is 238 g/mol. The van der Waals surface area contributed by atoms with E-state index in [1.54, 1.807) is 7.05 Å². The summed E-state index contributed by atoms with van der Waals surface area (Å²) in [6.07, 6.45) is 0.808. The third kappa shape index (κ3) is 2.79. The molecule has 0 aromatic rings. The fourth-order valence-electron chi connectivity index (χ4n) is 1.91. The van der Waals surface area contributed by atoms with Crippen molar-refractivity contribution < 1.29 is 19.1 Å². The fourth-order valence-corrected chi connectivity index (χ4v) is 1.91. The second-order valence-corrected chi connectivity index (χ2v) is 4.59. The lowest BCUT2D eigenvalue weighted by Gasteiger charge is -2.26. The van der Waals surface area contributed by atoms with Crippen LogP contribution in [0.2, 0.25) is 0 Å². The van der Waals surface area contributed by atoms with E-state index in [9.17, 15) is 14.4 Å². The van der Waals surface area contributed by atoms with Gasteiger partial charge in [-0.25, -0.2) is 4.79 Å². The number of rotatable bonds is 5. The summed E-state index contributed by atoms with van der Waals surface area (Å²) in [5, 5.41) is 2.81. The zero-order chi connectivity index (χ0) is 13.1. The van der Waals surface area contributed by atoms with Crippen LogP contribution in [-0.2, 0) is 14.3 Å². The molecule has 7 heteroatoms. The number of imide groups is 1. The number of ether oxygens (including phenoxy) is 1. The summed E-state index contributed by atoms with van der Waals surface area (Å²) >= 11 is 0. The Morgan fingerprint density at radius 1 is 1.44 bits per heavy atom. The SMILES string of the molecule is CN1CC(=O)N(CCCC(=O)NC2COC2)C1=O. The number of carbonyl (C=O) groups excluding carboxylic acids is 3. The van der Waals surface area contributed by atoms with Crippen molar-refractivity contribution in [1.29, 1.82) is 0 Å². The van der Waals surface area contributed by atoms with Crippen LogP contribution in [0.1, 0.15) is 12.8 Å². The predicted molar refractivity (Wildman–Crippen MR) is 61.7 cm³/mol. The molecule has 2 saturated heterocycles. The highest BCUT2D eigenvalue weighted by molar-refractivity contribution is 6.01. The topological polar surface area (TPSA) is 79.0 Å². The van der Waals surface area contributed by atoms with Crippen molar-refractivity contribution in [2.24, 2.45) is 0 Å². The quantitative estimate of drug-likeness (QED) is 0.651. The van der Waals surface area contributed by atoms with Crippen LogP contribution in [0.4, 0.5) is 4.79 Å². The Balaban J connectivity index is 1.66. The van der Waals surface area contributed by atoms with Crippen molar-refractivity contribution in [2.75, 3.05) is 33.4 Å². The maximum absolute atomic E-state index is 11.5. The Hall–Kier alpha value is -1.63. The Kier molecular flexibility index (Phi) is 3.81. The maximum atomic E-state index is 11.5. The van der Waals surface area contributed by atoms with Crippen LogP contribution in [0.5, 0.6) is 0 Å². The molecule has 1 N–H and O–H groups in total. The standard InChI is InChI=1S/C11H17N3O4/c1-13-5-10(16)14(11(13)17)4-2-3-9(15)12-8-6-18-7-8/h8H,2-7H2,1H3,(H,12,15). The minimum Gasteiger partial charge on any atom is -0.377 e. The molecular formula is C11H17N3O4. The van der Waals surface area contributed by atoms with Crippen LogP contribution in [0.25, 0.3) is 0 Å². The first kappa shape index (κ1) is 12.8. The molecule has 0 unspecified atom stereocenters.